The van der Waals surface area contributed by atoms with Crippen LogP contribution in [0.5, 0.6) is 0 Å². The number of hydrogen-bond donors (Lipinski definition) is 0. The topological polar surface area (TPSA) is 78.9 Å². The number of hydrogen-bond acceptors (Lipinski definition) is 6. The van der Waals surface area contributed by atoms with E-state index in [1.165, 1.54) is 263 Å². The van der Waals surface area contributed by atoms with Crippen LogP contribution in [0.1, 0.15) is 367 Å². The van der Waals surface area contributed by atoms with E-state index in [9.17, 15) is 14.4 Å². The lowest BCUT2D eigenvalue weighted by atomic mass is 10.0. The van der Waals surface area contributed by atoms with Gasteiger partial charge in [-0.25, -0.2) is 0 Å². The second-order valence-electron chi connectivity index (χ2n) is 22.0. The fraction of sp³-hybridized carbons (Fsp3) is 0.923. The number of carbonyl (C=O) groups excluding carboxylic acids is 3. The molecule has 0 rings (SSSR count). The molecule has 0 N–H and O–H groups in total. The normalized spacial score (nSPS) is 12.0. The third kappa shape index (κ3) is 58.9. The van der Waals surface area contributed by atoms with Crippen molar-refractivity contribution in [2.45, 2.75) is 374 Å². The average molecular weight is 1000 g/mol. The summed E-state index contributed by atoms with van der Waals surface area (Å²) in [7, 11) is 0. The first-order valence-electron chi connectivity index (χ1n) is 32.2. The van der Waals surface area contributed by atoms with Gasteiger partial charge in [0.15, 0.2) is 6.10 Å². The van der Waals surface area contributed by atoms with E-state index in [1.54, 1.807) is 0 Å². The Morgan fingerprint density at radius 2 is 0.465 bits per heavy atom. The van der Waals surface area contributed by atoms with Gasteiger partial charge in [0.25, 0.3) is 0 Å². The number of rotatable bonds is 60. The van der Waals surface area contributed by atoms with E-state index in [0.29, 0.717) is 19.3 Å². The fourth-order valence-corrected chi connectivity index (χ4v) is 9.91. The highest BCUT2D eigenvalue weighted by Crippen LogP contribution is 2.18. The van der Waals surface area contributed by atoms with Crippen molar-refractivity contribution in [2.24, 2.45) is 0 Å². The maximum absolute atomic E-state index is 12.8. The maximum Gasteiger partial charge on any atom is 0.306 e. The summed E-state index contributed by atoms with van der Waals surface area (Å²) < 4.78 is 16.8. The first-order valence-corrected chi connectivity index (χ1v) is 32.2. The van der Waals surface area contributed by atoms with Crippen molar-refractivity contribution < 1.29 is 28.6 Å². The zero-order valence-electron chi connectivity index (χ0n) is 48.3. The molecule has 420 valence electrons. The molecule has 0 aromatic rings. The molecule has 0 spiro atoms. The molecule has 0 fully saturated rings. The van der Waals surface area contributed by atoms with Crippen LogP contribution in [0, 0.1) is 0 Å². The van der Waals surface area contributed by atoms with Gasteiger partial charge >= 0.3 is 17.9 Å². The smallest absolute Gasteiger partial charge is 0.306 e. The van der Waals surface area contributed by atoms with E-state index in [4.69, 9.17) is 14.2 Å². The molecule has 0 amide bonds. The van der Waals surface area contributed by atoms with Crippen LogP contribution < -0.4 is 0 Å². The van der Waals surface area contributed by atoms with E-state index in [1.807, 2.05) is 0 Å². The van der Waals surface area contributed by atoms with Crippen molar-refractivity contribution >= 4 is 17.9 Å². The van der Waals surface area contributed by atoms with Crippen LogP contribution in [-0.2, 0) is 28.6 Å². The minimum absolute atomic E-state index is 0.0672. The third-order valence-electron chi connectivity index (χ3n) is 14.8. The summed E-state index contributed by atoms with van der Waals surface area (Å²) in [5.41, 5.74) is 0. The Hall–Kier alpha value is -1.85. The Morgan fingerprint density at radius 3 is 0.704 bits per heavy atom. The fourth-order valence-electron chi connectivity index (χ4n) is 9.91. The standard InChI is InChI=1S/C65H124O6/c1-4-7-10-13-15-17-19-21-23-25-27-28-29-30-31-32-33-34-35-36-37-38-40-41-43-45-47-49-52-55-58-64(67)70-61-62(60-69-63(66)57-54-51-12-9-6-3)71-65(68)59-56-53-50-48-46-44-42-39-26-24-22-20-18-16-14-11-8-5-2/h24,26,62H,4-23,25,27-61H2,1-3H3/b26-24-. The molecule has 0 aliphatic carbocycles. The van der Waals surface area contributed by atoms with Crippen molar-refractivity contribution in [1.29, 1.82) is 0 Å². The lowest BCUT2D eigenvalue weighted by Crippen LogP contribution is -2.30. The monoisotopic (exact) mass is 1000 g/mol. The lowest BCUT2D eigenvalue weighted by molar-refractivity contribution is -0.167. The number of unbranched alkanes of at least 4 members (excludes halogenated alkanes) is 47. The summed E-state index contributed by atoms with van der Waals surface area (Å²) in [5.74, 6) is -0.862. The summed E-state index contributed by atoms with van der Waals surface area (Å²) in [4.78, 5) is 37.9. The quantitative estimate of drug-likeness (QED) is 0.0261. The molecule has 0 aliphatic rings. The van der Waals surface area contributed by atoms with E-state index >= 15 is 0 Å². The SMILES string of the molecule is CCCCCCCCC/C=C\CCCCCCCCCC(=O)OC(COC(=O)CCCCCCC)COC(=O)CCCCCCCCCCCCCCCCCCCCCCCCCCCCCCCC. The zero-order chi connectivity index (χ0) is 51.4. The molecule has 0 bridgehead atoms. The number of ether oxygens (including phenoxy) is 3. The predicted molar refractivity (Wildman–Crippen MR) is 307 cm³/mol. The third-order valence-corrected chi connectivity index (χ3v) is 14.8. The first kappa shape index (κ1) is 69.2. The molecular formula is C65H124O6. The van der Waals surface area contributed by atoms with E-state index in [0.717, 1.165) is 64.2 Å². The highest BCUT2D eigenvalue weighted by Gasteiger charge is 2.19. The van der Waals surface area contributed by atoms with Crippen molar-refractivity contribution in [3.63, 3.8) is 0 Å². The first-order chi connectivity index (χ1) is 35.0. The Balaban J connectivity index is 3.91. The van der Waals surface area contributed by atoms with Gasteiger partial charge in [-0.3, -0.25) is 14.4 Å². The van der Waals surface area contributed by atoms with Gasteiger partial charge < -0.3 is 14.2 Å². The minimum Gasteiger partial charge on any atom is -0.462 e. The zero-order valence-corrected chi connectivity index (χ0v) is 48.3. The van der Waals surface area contributed by atoms with E-state index < -0.39 is 6.10 Å². The highest BCUT2D eigenvalue weighted by molar-refractivity contribution is 5.71. The molecule has 1 unspecified atom stereocenters. The van der Waals surface area contributed by atoms with Gasteiger partial charge in [0, 0.05) is 19.3 Å². The van der Waals surface area contributed by atoms with Crippen LogP contribution in [0.2, 0.25) is 0 Å². The van der Waals surface area contributed by atoms with Gasteiger partial charge in [0.05, 0.1) is 0 Å². The van der Waals surface area contributed by atoms with Gasteiger partial charge in [-0.2, -0.15) is 0 Å². The number of esters is 3. The van der Waals surface area contributed by atoms with Crippen molar-refractivity contribution in [1.82, 2.24) is 0 Å². The molecule has 0 aromatic carbocycles. The summed E-state index contributed by atoms with van der Waals surface area (Å²) in [6.07, 6.45) is 71.5. The second kappa shape index (κ2) is 60.7. The molecule has 0 heterocycles. The molecule has 0 aliphatic heterocycles. The molecule has 0 saturated carbocycles. The Bertz CT molecular complexity index is 1100. The highest BCUT2D eigenvalue weighted by atomic mass is 16.6. The van der Waals surface area contributed by atoms with Crippen molar-refractivity contribution in [3.8, 4) is 0 Å². The van der Waals surface area contributed by atoms with Crippen LogP contribution in [0.15, 0.2) is 12.2 Å². The van der Waals surface area contributed by atoms with Crippen LogP contribution in [0.25, 0.3) is 0 Å². The van der Waals surface area contributed by atoms with Crippen LogP contribution in [-0.4, -0.2) is 37.2 Å². The summed E-state index contributed by atoms with van der Waals surface area (Å²) >= 11 is 0. The van der Waals surface area contributed by atoms with Gasteiger partial charge in [-0.05, 0) is 44.9 Å². The molecule has 6 nitrogen and oxygen atoms in total. The molecule has 0 saturated heterocycles. The summed E-state index contributed by atoms with van der Waals surface area (Å²) in [6.45, 7) is 6.61. The number of allylic oxidation sites excluding steroid dienone is 2. The minimum atomic E-state index is -0.765. The number of carbonyl (C=O) groups is 3. The van der Waals surface area contributed by atoms with Crippen LogP contribution in [0.3, 0.4) is 0 Å². The maximum atomic E-state index is 12.8. The largest absolute Gasteiger partial charge is 0.462 e. The summed E-state index contributed by atoms with van der Waals surface area (Å²) in [6, 6.07) is 0. The molecule has 0 aromatic heterocycles. The molecule has 0 radical (unpaired) electrons. The van der Waals surface area contributed by atoms with Crippen molar-refractivity contribution in [2.75, 3.05) is 13.2 Å². The van der Waals surface area contributed by atoms with E-state index in [2.05, 4.69) is 32.9 Å². The Labute approximate surface area is 443 Å². The van der Waals surface area contributed by atoms with Gasteiger partial charge in [0.1, 0.15) is 13.2 Å². The molecule has 6 heteroatoms. The summed E-state index contributed by atoms with van der Waals surface area (Å²) in [5, 5.41) is 0. The van der Waals surface area contributed by atoms with Gasteiger partial charge in [0.2, 0.25) is 0 Å². The predicted octanol–water partition coefficient (Wildman–Crippen LogP) is 21.7. The molecular weight excluding hydrogens is 877 g/mol. The molecule has 1 atom stereocenters. The second-order valence-corrected chi connectivity index (χ2v) is 22.0. The van der Waals surface area contributed by atoms with Gasteiger partial charge in [-0.1, -0.05) is 315 Å². The van der Waals surface area contributed by atoms with Crippen LogP contribution in [0.4, 0.5) is 0 Å². The van der Waals surface area contributed by atoms with E-state index in [-0.39, 0.29) is 31.1 Å². The average Bonchev–Trinajstić information content (AvgIpc) is 3.37. The van der Waals surface area contributed by atoms with Gasteiger partial charge in [-0.15, -0.1) is 0 Å². The molecule has 71 heavy (non-hydrogen) atoms. The van der Waals surface area contributed by atoms with Crippen molar-refractivity contribution in [3.05, 3.63) is 12.2 Å². The lowest BCUT2D eigenvalue weighted by Gasteiger charge is -2.18. The Kier molecular flexibility index (Phi) is 59.1. The van der Waals surface area contributed by atoms with Crippen LogP contribution >= 0.6 is 0 Å². The Morgan fingerprint density at radius 1 is 0.268 bits per heavy atom.